The van der Waals surface area contributed by atoms with Gasteiger partial charge in [-0.15, -0.1) is 0 Å². The van der Waals surface area contributed by atoms with E-state index in [0.717, 1.165) is 19.3 Å². The first-order chi connectivity index (χ1) is 10.3. The Labute approximate surface area is 131 Å². The van der Waals surface area contributed by atoms with E-state index in [1.54, 1.807) is 6.92 Å². The average molecular weight is 328 g/mol. The Bertz CT molecular complexity index is 580. The second kappa shape index (κ2) is 6.02. The number of hydrogen-bond acceptors (Lipinski definition) is 4. The largest absolute Gasteiger partial charge is 0.344 e. The van der Waals surface area contributed by atoms with Gasteiger partial charge in [0.2, 0.25) is 16.4 Å². The van der Waals surface area contributed by atoms with E-state index in [1.807, 2.05) is 12.2 Å². The third kappa shape index (κ3) is 2.91. The third-order valence-corrected chi connectivity index (χ3v) is 7.02. The molecule has 0 bridgehead atoms. The predicted molar refractivity (Wildman–Crippen MR) is 83.4 cm³/mol. The van der Waals surface area contributed by atoms with E-state index >= 15 is 0 Å². The molecule has 124 valence electrons. The molecule has 0 aromatic heterocycles. The normalized spacial score (nSPS) is 29.6. The van der Waals surface area contributed by atoms with E-state index in [0.29, 0.717) is 25.7 Å². The van der Waals surface area contributed by atoms with Crippen molar-refractivity contribution in [1.29, 1.82) is 0 Å². The second-order valence-corrected chi connectivity index (χ2v) is 8.68. The summed E-state index contributed by atoms with van der Waals surface area (Å²) in [6, 6.07) is 0. The van der Waals surface area contributed by atoms with Gasteiger partial charge in [-0.05, 0) is 39.0 Å². The molecule has 0 heterocycles. The van der Waals surface area contributed by atoms with Crippen LogP contribution in [0.15, 0.2) is 12.2 Å². The van der Waals surface area contributed by atoms with Gasteiger partial charge in [0, 0.05) is 5.92 Å². The van der Waals surface area contributed by atoms with Crippen LogP contribution in [0.2, 0.25) is 0 Å². The average Bonchev–Trinajstić information content (AvgIpc) is 3.18. The first-order valence-electron chi connectivity index (χ1n) is 7.76. The van der Waals surface area contributed by atoms with E-state index < -0.39 is 26.2 Å². The van der Waals surface area contributed by atoms with Gasteiger partial charge in [0.25, 0.3) is 5.91 Å². The molecule has 2 amide bonds. The smallest absolute Gasteiger partial charge is 0.259 e. The molecule has 0 aromatic carbocycles. The highest BCUT2D eigenvalue weighted by Gasteiger charge is 2.56. The molecule has 7 heteroatoms. The van der Waals surface area contributed by atoms with Crippen molar-refractivity contribution in [2.75, 3.05) is 0 Å². The van der Waals surface area contributed by atoms with Crippen LogP contribution in [0.25, 0.3) is 0 Å². The van der Waals surface area contributed by atoms with Crippen LogP contribution in [0, 0.1) is 5.92 Å². The molecule has 2 saturated carbocycles. The molecule has 6 nitrogen and oxygen atoms in total. The van der Waals surface area contributed by atoms with E-state index in [-0.39, 0.29) is 5.92 Å². The van der Waals surface area contributed by atoms with Crippen molar-refractivity contribution in [3.8, 4) is 0 Å². The van der Waals surface area contributed by atoms with Gasteiger partial charge in [-0.25, -0.2) is 8.42 Å². The number of nitrogens with one attached hydrogen (secondary N) is 2. The lowest BCUT2D eigenvalue weighted by atomic mass is 9.66. The number of sulfonamides is 1. The zero-order valence-corrected chi connectivity index (χ0v) is 13.9. The lowest BCUT2D eigenvalue weighted by Gasteiger charge is -2.46. The van der Waals surface area contributed by atoms with Crippen LogP contribution in [0.5, 0.6) is 0 Å². The molecular formula is C15H24N2O4S. The number of hydrogen-bond donors (Lipinski definition) is 2. The molecule has 0 aromatic rings. The molecule has 0 aliphatic heterocycles. The molecule has 2 aliphatic rings. The Morgan fingerprint density at radius 2 is 2.00 bits per heavy atom. The highest BCUT2D eigenvalue weighted by molar-refractivity contribution is 7.91. The molecule has 22 heavy (non-hydrogen) atoms. The lowest BCUT2D eigenvalue weighted by molar-refractivity contribution is -0.134. The van der Waals surface area contributed by atoms with Crippen LogP contribution in [-0.4, -0.2) is 31.0 Å². The van der Waals surface area contributed by atoms with Crippen LogP contribution >= 0.6 is 0 Å². The Balaban J connectivity index is 2.13. The maximum absolute atomic E-state index is 12.5. The molecule has 0 spiro atoms. The number of amides is 2. The highest BCUT2D eigenvalue weighted by atomic mass is 32.2. The van der Waals surface area contributed by atoms with E-state index in [2.05, 4.69) is 17.0 Å². The van der Waals surface area contributed by atoms with Crippen molar-refractivity contribution in [3.63, 3.8) is 0 Å². The van der Waals surface area contributed by atoms with Gasteiger partial charge >= 0.3 is 0 Å². The molecular weight excluding hydrogens is 304 g/mol. The van der Waals surface area contributed by atoms with Crippen LogP contribution in [-0.2, 0) is 19.6 Å². The third-order valence-electron chi connectivity index (χ3n) is 4.86. The van der Waals surface area contributed by atoms with Gasteiger partial charge in [0.1, 0.15) is 5.54 Å². The first kappa shape index (κ1) is 17.0. The van der Waals surface area contributed by atoms with Gasteiger partial charge in [-0.2, -0.15) is 0 Å². The Morgan fingerprint density at radius 1 is 1.32 bits per heavy atom. The van der Waals surface area contributed by atoms with E-state index in [9.17, 15) is 18.0 Å². The van der Waals surface area contributed by atoms with Gasteiger partial charge in [-0.1, -0.05) is 25.5 Å². The van der Waals surface area contributed by atoms with Gasteiger partial charge in [0.05, 0.1) is 4.75 Å². The summed E-state index contributed by atoms with van der Waals surface area (Å²) >= 11 is 0. The van der Waals surface area contributed by atoms with Crippen molar-refractivity contribution < 1.29 is 18.0 Å². The minimum atomic E-state index is -3.69. The van der Waals surface area contributed by atoms with Crippen LogP contribution < -0.4 is 10.0 Å². The van der Waals surface area contributed by atoms with Crippen molar-refractivity contribution in [2.45, 2.75) is 62.7 Å². The van der Waals surface area contributed by atoms with Gasteiger partial charge in [-0.3, -0.25) is 14.3 Å². The Hall–Kier alpha value is -1.37. The van der Waals surface area contributed by atoms with Crippen molar-refractivity contribution in [1.82, 2.24) is 10.0 Å². The molecule has 2 atom stereocenters. The van der Waals surface area contributed by atoms with Crippen molar-refractivity contribution in [3.05, 3.63) is 12.2 Å². The van der Waals surface area contributed by atoms with Crippen LogP contribution in [0.1, 0.15) is 52.4 Å². The summed E-state index contributed by atoms with van der Waals surface area (Å²) in [7, 11) is -3.69. The highest BCUT2D eigenvalue weighted by Crippen LogP contribution is 2.44. The standard InChI is InChI=1S/C15H24N2O4S/c1-3-4-5-6-12-7-8-15(12,16-11-18)13(19)17-22(20,21)14(2)9-10-14/h5-6,11-12H,3-4,7-10H2,1-2H3,(H,16,18)(H,17,19). The quantitative estimate of drug-likeness (QED) is 0.518. The molecule has 0 saturated heterocycles. The summed E-state index contributed by atoms with van der Waals surface area (Å²) in [5.74, 6) is -0.781. The number of carbonyl (C=O) groups is 2. The number of carbonyl (C=O) groups excluding carboxylic acids is 2. The molecule has 2 fully saturated rings. The maximum Gasteiger partial charge on any atom is 0.259 e. The Kier molecular flexibility index (Phi) is 4.65. The predicted octanol–water partition coefficient (Wildman–Crippen LogP) is 1.24. The van der Waals surface area contributed by atoms with Crippen LogP contribution in [0.3, 0.4) is 0 Å². The summed E-state index contributed by atoms with van der Waals surface area (Å²) in [4.78, 5) is 23.4. The number of allylic oxidation sites excluding steroid dienone is 1. The molecule has 2 aliphatic carbocycles. The zero-order valence-electron chi connectivity index (χ0n) is 13.1. The molecule has 0 radical (unpaired) electrons. The topological polar surface area (TPSA) is 92.3 Å². The van der Waals surface area contributed by atoms with Gasteiger partial charge < -0.3 is 5.32 Å². The Morgan fingerprint density at radius 3 is 2.45 bits per heavy atom. The van der Waals surface area contributed by atoms with Gasteiger partial charge in [0.15, 0.2) is 0 Å². The minimum Gasteiger partial charge on any atom is -0.344 e. The molecule has 2 unspecified atom stereocenters. The minimum absolute atomic E-state index is 0.161. The van der Waals surface area contributed by atoms with E-state index in [4.69, 9.17) is 0 Å². The molecule has 2 rings (SSSR count). The monoisotopic (exact) mass is 328 g/mol. The summed E-state index contributed by atoms with van der Waals surface area (Å²) in [6.07, 6.45) is 8.58. The molecule has 2 N–H and O–H groups in total. The number of unbranched alkanes of at least 4 members (excludes halogenated alkanes) is 1. The van der Waals surface area contributed by atoms with Crippen molar-refractivity contribution in [2.24, 2.45) is 5.92 Å². The fourth-order valence-corrected chi connectivity index (χ4v) is 4.01. The lowest BCUT2D eigenvalue weighted by Crippen LogP contribution is -2.67. The fourth-order valence-electron chi connectivity index (χ4n) is 2.70. The van der Waals surface area contributed by atoms with E-state index in [1.165, 1.54) is 0 Å². The summed E-state index contributed by atoms with van der Waals surface area (Å²) < 4.78 is 25.8. The van der Waals surface area contributed by atoms with Crippen molar-refractivity contribution >= 4 is 22.3 Å². The fraction of sp³-hybridized carbons (Fsp3) is 0.733. The zero-order chi connectivity index (χ0) is 16.4. The maximum atomic E-state index is 12.5. The summed E-state index contributed by atoms with van der Waals surface area (Å²) in [5.41, 5.74) is -1.13. The second-order valence-electron chi connectivity index (χ2n) is 6.48. The van der Waals surface area contributed by atoms with Crippen LogP contribution in [0.4, 0.5) is 0 Å². The summed E-state index contributed by atoms with van der Waals surface area (Å²) in [6.45, 7) is 3.68. The first-order valence-corrected chi connectivity index (χ1v) is 9.24. The summed E-state index contributed by atoms with van der Waals surface area (Å²) in [5, 5.41) is 2.56. The number of rotatable bonds is 8. The SMILES string of the molecule is CCCC=CC1CCC1(NC=O)C(=O)NS(=O)(=O)C1(C)CC1.